The van der Waals surface area contributed by atoms with Gasteiger partial charge in [0.15, 0.2) is 0 Å². The topological polar surface area (TPSA) is 93.8 Å². The molecule has 0 aliphatic carbocycles. The van der Waals surface area contributed by atoms with Crippen molar-refractivity contribution >= 4 is 11.9 Å². The van der Waals surface area contributed by atoms with Gasteiger partial charge >= 0.3 is 0 Å². The first-order valence-electron chi connectivity index (χ1n) is 9.96. The average molecular weight is 397 g/mol. The van der Waals surface area contributed by atoms with Gasteiger partial charge in [-0.25, -0.2) is 4.98 Å². The molecule has 1 atom stereocenters. The number of nitrogens with one attached hydrogen (secondary N) is 3. The Morgan fingerprint density at radius 3 is 2.87 bits per heavy atom. The van der Waals surface area contributed by atoms with Crippen LogP contribution >= 0.6 is 0 Å². The highest BCUT2D eigenvalue weighted by molar-refractivity contribution is 5.81. The van der Waals surface area contributed by atoms with Gasteiger partial charge in [-0.05, 0) is 53.9 Å². The summed E-state index contributed by atoms with van der Waals surface area (Å²) in [5.74, 6) is 0.618. The summed E-state index contributed by atoms with van der Waals surface area (Å²) in [5, 5.41) is 23.1. The van der Waals surface area contributed by atoms with Crippen LogP contribution < -0.4 is 15.4 Å². The summed E-state index contributed by atoms with van der Waals surface area (Å²) >= 11 is 0. The molecule has 0 saturated heterocycles. The standard InChI is InChI=1S/C24H23N5O/c25-12-18-6-4-17(5-7-18)8-9-27-15-22-16-28-23-11-21(14-29-24(23)30-22)20-3-1-2-19(10-20)13-26/h1-7,10-11,13-14,22,26-28H,8-9,15-16H2. The summed E-state index contributed by atoms with van der Waals surface area (Å²) in [6.45, 7) is 2.28. The van der Waals surface area contributed by atoms with Gasteiger partial charge in [-0.2, -0.15) is 5.26 Å². The van der Waals surface area contributed by atoms with Crippen molar-refractivity contribution in [2.24, 2.45) is 0 Å². The Balaban J connectivity index is 1.30. The van der Waals surface area contributed by atoms with Crippen molar-refractivity contribution in [1.29, 1.82) is 10.7 Å². The lowest BCUT2D eigenvalue weighted by Gasteiger charge is -2.27. The second-order valence-corrected chi connectivity index (χ2v) is 7.23. The van der Waals surface area contributed by atoms with Gasteiger partial charge < -0.3 is 20.8 Å². The van der Waals surface area contributed by atoms with E-state index in [1.165, 1.54) is 11.8 Å². The van der Waals surface area contributed by atoms with Crippen LogP contribution in [0.2, 0.25) is 0 Å². The summed E-state index contributed by atoms with van der Waals surface area (Å²) in [4.78, 5) is 4.50. The van der Waals surface area contributed by atoms with Crippen molar-refractivity contribution in [3.05, 3.63) is 77.5 Å². The van der Waals surface area contributed by atoms with E-state index in [1.807, 2.05) is 60.8 Å². The predicted molar refractivity (Wildman–Crippen MR) is 118 cm³/mol. The van der Waals surface area contributed by atoms with E-state index in [0.29, 0.717) is 18.0 Å². The maximum Gasteiger partial charge on any atom is 0.237 e. The maximum atomic E-state index is 8.86. The van der Waals surface area contributed by atoms with Gasteiger partial charge in [0.25, 0.3) is 0 Å². The molecule has 2 aromatic carbocycles. The Bertz CT molecular complexity index is 1070. The number of aromatic nitrogens is 1. The first kappa shape index (κ1) is 19.6. The number of hydrogen-bond acceptors (Lipinski definition) is 6. The lowest BCUT2D eigenvalue weighted by Crippen LogP contribution is -2.40. The minimum Gasteiger partial charge on any atom is -0.470 e. The molecule has 0 bridgehead atoms. The Morgan fingerprint density at radius 1 is 1.20 bits per heavy atom. The van der Waals surface area contributed by atoms with Gasteiger partial charge in [0.05, 0.1) is 23.9 Å². The first-order valence-corrected chi connectivity index (χ1v) is 9.96. The molecule has 0 fully saturated rings. The summed E-state index contributed by atoms with van der Waals surface area (Å²) in [6, 6.07) is 19.7. The lowest BCUT2D eigenvalue weighted by molar-refractivity contribution is 0.194. The smallest absolute Gasteiger partial charge is 0.237 e. The molecule has 0 radical (unpaired) electrons. The fourth-order valence-corrected chi connectivity index (χ4v) is 3.42. The summed E-state index contributed by atoms with van der Waals surface area (Å²) in [5.41, 5.74) is 5.66. The Morgan fingerprint density at radius 2 is 2.07 bits per heavy atom. The minimum atomic E-state index is 0.0121. The van der Waals surface area contributed by atoms with E-state index in [2.05, 4.69) is 21.7 Å². The van der Waals surface area contributed by atoms with Gasteiger partial charge in [-0.3, -0.25) is 0 Å². The van der Waals surface area contributed by atoms with E-state index in [9.17, 15) is 0 Å². The number of nitriles is 1. The SMILES string of the molecule is N#Cc1ccc(CCNCC2CNc3cc(-c4cccc(C=N)c4)cnc3O2)cc1. The van der Waals surface area contributed by atoms with Crippen LogP contribution in [-0.2, 0) is 6.42 Å². The van der Waals surface area contributed by atoms with E-state index in [-0.39, 0.29) is 6.10 Å². The molecule has 1 aliphatic heterocycles. The minimum absolute atomic E-state index is 0.0121. The zero-order chi connectivity index (χ0) is 20.8. The quantitative estimate of drug-likeness (QED) is 0.418. The highest BCUT2D eigenvalue weighted by Crippen LogP contribution is 2.31. The van der Waals surface area contributed by atoms with Crippen LogP contribution in [0.1, 0.15) is 16.7 Å². The molecule has 30 heavy (non-hydrogen) atoms. The fourth-order valence-electron chi connectivity index (χ4n) is 3.42. The lowest BCUT2D eigenvalue weighted by atomic mass is 10.0. The van der Waals surface area contributed by atoms with Crippen molar-refractivity contribution in [2.75, 3.05) is 25.0 Å². The molecule has 4 rings (SSSR count). The molecule has 1 aliphatic rings. The maximum absolute atomic E-state index is 8.86. The monoisotopic (exact) mass is 397 g/mol. The number of pyridine rings is 1. The Kier molecular flexibility index (Phi) is 6.02. The number of fused-ring (bicyclic) bond motifs is 1. The molecule has 3 N–H and O–H groups in total. The molecule has 6 nitrogen and oxygen atoms in total. The van der Waals surface area contributed by atoms with Crippen LogP contribution in [0.4, 0.5) is 5.69 Å². The molecule has 0 amide bonds. The summed E-state index contributed by atoms with van der Waals surface area (Å²) in [7, 11) is 0. The van der Waals surface area contributed by atoms with Crippen molar-refractivity contribution in [3.63, 3.8) is 0 Å². The average Bonchev–Trinajstić information content (AvgIpc) is 2.82. The number of rotatable bonds is 7. The van der Waals surface area contributed by atoms with Crippen LogP contribution in [0.25, 0.3) is 11.1 Å². The summed E-state index contributed by atoms with van der Waals surface area (Å²) < 4.78 is 6.04. The number of benzene rings is 2. The van der Waals surface area contributed by atoms with Crippen molar-refractivity contribution in [1.82, 2.24) is 10.3 Å². The third-order valence-electron chi connectivity index (χ3n) is 5.08. The Hall–Kier alpha value is -3.69. The van der Waals surface area contributed by atoms with Gasteiger partial charge in [0.2, 0.25) is 5.88 Å². The van der Waals surface area contributed by atoms with E-state index in [4.69, 9.17) is 15.4 Å². The number of ether oxygens (including phenoxy) is 1. The normalized spacial score (nSPS) is 14.7. The Labute approximate surface area is 176 Å². The zero-order valence-electron chi connectivity index (χ0n) is 16.6. The van der Waals surface area contributed by atoms with Gasteiger partial charge in [-0.1, -0.05) is 30.3 Å². The van der Waals surface area contributed by atoms with E-state index >= 15 is 0 Å². The third-order valence-corrected chi connectivity index (χ3v) is 5.08. The van der Waals surface area contributed by atoms with Crippen LogP contribution in [0, 0.1) is 16.7 Å². The summed E-state index contributed by atoms with van der Waals surface area (Å²) in [6.07, 6.45) is 4.07. The van der Waals surface area contributed by atoms with Crippen LogP contribution in [0.15, 0.2) is 60.8 Å². The van der Waals surface area contributed by atoms with Gasteiger partial charge in [0.1, 0.15) is 6.10 Å². The highest BCUT2D eigenvalue weighted by atomic mass is 16.5. The van der Waals surface area contributed by atoms with E-state index in [1.54, 1.807) is 0 Å². The fraction of sp³-hybridized carbons (Fsp3) is 0.208. The van der Waals surface area contributed by atoms with Gasteiger partial charge in [-0.15, -0.1) is 0 Å². The molecule has 2 heterocycles. The highest BCUT2D eigenvalue weighted by Gasteiger charge is 2.20. The molecule has 0 saturated carbocycles. The number of anilines is 1. The predicted octanol–water partition coefficient (Wildman–Crippen LogP) is 3.62. The van der Waals surface area contributed by atoms with Crippen LogP contribution in [-0.4, -0.2) is 36.9 Å². The third kappa shape index (κ3) is 4.65. The molecular weight excluding hydrogens is 374 g/mol. The second kappa shape index (κ2) is 9.21. The second-order valence-electron chi connectivity index (χ2n) is 7.23. The number of hydrogen-bond donors (Lipinski definition) is 3. The molecule has 1 aromatic heterocycles. The largest absolute Gasteiger partial charge is 0.470 e. The van der Waals surface area contributed by atoms with E-state index < -0.39 is 0 Å². The molecular formula is C24H23N5O. The van der Waals surface area contributed by atoms with Crippen molar-refractivity contribution in [3.8, 4) is 23.1 Å². The molecule has 6 heteroatoms. The first-order chi connectivity index (χ1) is 14.7. The molecule has 0 spiro atoms. The van der Waals surface area contributed by atoms with Crippen molar-refractivity contribution < 1.29 is 4.74 Å². The van der Waals surface area contributed by atoms with Crippen LogP contribution in [0.5, 0.6) is 5.88 Å². The molecule has 150 valence electrons. The molecule has 1 unspecified atom stereocenters. The van der Waals surface area contributed by atoms with Gasteiger partial charge in [0, 0.05) is 24.5 Å². The molecule has 3 aromatic rings. The number of nitrogens with zero attached hydrogens (tertiary/aromatic N) is 2. The van der Waals surface area contributed by atoms with Crippen molar-refractivity contribution in [2.45, 2.75) is 12.5 Å². The van der Waals surface area contributed by atoms with Crippen LogP contribution in [0.3, 0.4) is 0 Å². The van der Waals surface area contributed by atoms with E-state index in [0.717, 1.165) is 41.9 Å². The zero-order valence-corrected chi connectivity index (χ0v) is 16.6.